The van der Waals surface area contributed by atoms with Gasteiger partial charge in [0.2, 0.25) is 5.91 Å². The summed E-state index contributed by atoms with van der Waals surface area (Å²) in [4.78, 5) is 33.3. The lowest BCUT2D eigenvalue weighted by atomic mass is 9.91. The van der Waals surface area contributed by atoms with Crippen LogP contribution >= 0.6 is 11.8 Å². The number of benzene rings is 2. The van der Waals surface area contributed by atoms with Crippen LogP contribution in [-0.4, -0.2) is 46.1 Å². The van der Waals surface area contributed by atoms with Gasteiger partial charge in [-0.1, -0.05) is 12.1 Å². The molecule has 2 heterocycles. The van der Waals surface area contributed by atoms with Crippen LogP contribution < -0.4 is 24.8 Å². The van der Waals surface area contributed by atoms with Gasteiger partial charge in [-0.15, -0.1) is 0 Å². The number of aromatic nitrogens is 2. The molecule has 3 aromatic rings. The predicted molar refractivity (Wildman–Crippen MR) is 137 cm³/mol. The van der Waals surface area contributed by atoms with Crippen molar-refractivity contribution in [3.8, 4) is 23.0 Å². The molecular weight excluding hydrogens is 537 g/mol. The molecule has 0 saturated carbocycles. The summed E-state index contributed by atoms with van der Waals surface area (Å²) in [6.07, 6.45) is -0.610. The van der Waals surface area contributed by atoms with Gasteiger partial charge < -0.3 is 24.8 Å². The fourth-order valence-electron chi connectivity index (χ4n) is 3.90. The molecule has 1 aromatic heterocycles. The third kappa shape index (κ3) is 7.31. The van der Waals surface area contributed by atoms with Crippen molar-refractivity contribution >= 4 is 23.8 Å². The van der Waals surface area contributed by atoms with Crippen LogP contribution in [-0.2, 0) is 17.5 Å². The van der Waals surface area contributed by atoms with Crippen molar-refractivity contribution in [3.05, 3.63) is 72.3 Å². The lowest BCUT2D eigenvalue weighted by molar-refractivity contribution is -0.138. The molecule has 0 atom stereocenters. The second-order valence-electron chi connectivity index (χ2n) is 8.57. The fraction of sp³-hybridized carbons (Fsp3) is 0.308. The summed E-state index contributed by atoms with van der Waals surface area (Å²) in [5.41, 5.74) is -1.42. The number of amides is 2. The van der Waals surface area contributed by atoms with Gasteiger partial charge in [-0.25, -0.2) is 14.8 Å². The number of carbonyl (C=O) groups excluding carboxylic acids is 2. The Hall–Kier alpha value is -4.00. The van der Waals surface area contributed by atoms with Gasteiger partial charge in [-0.3, -0.25) is 4.79 Å². The third-order valence-electron chi connectivity index (χ3n) is 5.97. The zero-order chi connectivity index (χ0) is 27.9. The first-order chi connectivity index (χ1) is 18.7. The average molecular weight is 563 g/mol. The Balaban J connectivity index is 1.39. The maximum atomic E-state index is 13.5. The van der Waals surface area contributed by atoms with E-state index in [1.165, 1.54) is 50.1 Å². The van der Waals surface area contributed by atoms with E-state index < -0.39 is 23.4 Å². The highest BCUT2D eigenvalue weighted by atomic mass is 32.2. The number of carbonyl (C=O) groups is 2. The van der Waals surface area contributed by atoms with E-state index in [4.69, 9.17) is 14.2 Å². The number of ether oxygens (including phenoxy) is 3. The quantitative estimate of drug-likeness (QED) is 0.396. The zero-order valence-corrected chi connectivity index (χ0v) is 21.6. The highest BCUT2D eigenvalue weighted by Gasteiger charge is 2.41. The fourth-order valence-corrected chi connectivity index (χ4v) is 5.08. The van der Waals surface area contributed by atoms with E-state index in [0.29, 0.717) is 29.9 Å². The van der Waals surface area contributed by atoms with Crippen LogP contribution in [0.3, 0.4) is 0 Å². The van der Waals surface area contributed by atoms with Crippen molar-refractivity contribution in [3.63, 3.8) is 0 Å². The number of halogens is 3. The van der Waals surface area contributed by atoms with E-state index in [1.54, 1.807) is 23.9 Å². The minimum Gasteiger partial charge on any atom is -0.497 e. The van der Waals surface area contributed by atoms with Crippen molar-refractivity contribution in [2.24, 2.45) is 0 Å². The first-order valence-electron chi connectivity index (χ1n) is 11.8. The molecule has 0 radical (unpaired) electrons. The van der Waals surface area contributed by atoms with Crippen molar-refractivity contribution in [1.82, 2.24) is 20.6 Å². The number of hydrogen-bond donors (Lipinski definition) is 2. The molecule has 2 N–H and O–H groups in total. The molecule has 1 saturated heterocycles. The predicted octanol–water partition coefficient (Wildman–Crippen LogP) is 4.97. The van der Waals surface area contributed by atoms with Gasteiger partial charge in [-0.05, 0) is 60.2 Å². The van der Waals surface area contributed by atoms with Gasteiger partial charge in [0.1, 0.15) is 34.7 Å². The molecule has 13 heteroatoms. The summed E-state index contributed by atoms with van der Waals surface area (Å²) < 4.78 is 56.0. The molecule has 1 aliphatic rings. The standard InChI is InChI=1S/C26H25F3N4O5S/c1-36-19-6-7-22(21(12-19)26(27,28)29)37-18-4-2-17(3-5-18)13-32-23(34)25(8-10-39-11-9-25)33-24(35)38-20-14-30-16-31-15-20/h2-7,12,14-16H,8-11,13H2,1H3,(H,32,34)(H,33,35). The SMILES string of the molecule is COc1ccc(Oc2ccc(CNC(=O)C3(NC(=O)Oc4cncnc4)CCSCC3)cc2)c(C(F)(F)F)c1. The Morgan fingerprint density at radius 3 is 2.31 bits per heavy atom. The topological polar surface area (TPSA) is 112 Å². The molecule has 4 rings (SSSR count). The number of nitrogens with zero attached hydrogens (tertiary/aromatic N) is 2. The van der Waals surface area contributed by atoms with Crippen molar-refractivity contribution in [1.29, 1.82) is 0 Å². The van der Waals surface area contributed by atoms with Crippen molar-refractivity contribution in [2.75, 3.05) is 18.6 Å². The Kier molecular flexibility index (Phi) is 8.79. The van der Waals surface area contributed by atoms with Gasteiger partial charge in [-0.2, -0.15) is 24.9 Å². The van der Waals surface area contributed by atoms with Gasteiger partial charge in [0, 0.05) is 6.54 Å². The average Bonchev–Trinajstić information content (AvgIpc) is 2.93. The lowest BCUT2D eigenvalue weighted by Crippen LogP contribution is -2.60. The monoisotopic (exact) mass is 562 g/mol. The van der Waals surface area contributed by atoms with E-state index in [-0.39, 0.29) is 35.4 Å². The number of rotatable bonds is 8. The number of thioether (sulfide) groups is 1. The zero-order valence-electron chi connectivity index (χ0n) is 20.8. The molecule has 9 nitrogen and oxygen atoms in total. The van der Waals surface area contributed by atoms with Crippen molar-refractivity contribution < 1.29 is 37.0 Å². The molecule has 2 aromatic carbocycles. The largest absolute Gasteiger partial charge is 0.497 e. The molecular formula is C26H25F3N4O5S. The van der Waals surface area contributed by atoms with Crippen LogP contribution in [0.2, 0.25) is 0 Å². The van der Waals surface area contributed by atoms with Crippen LogP contribution in [0, 0.1) is 0 Å². The van der Waals surface area contributed by atoms with E-state index >= 15 is 0 Å². The number of alkyl halides is 3. The highest BCUT2D eigenvalue weighted by Crippen LogP contribution is 2.40. The summed E-state index contributed by atoms with van der Waals surface area (Å²) >= 11 is 1.68. The number of methoxy groups -OCH3 is 1. The molecule has 0 spiro atoms. The normalized spacial score (nSPS) is 14.7. The first-order valence-corrected chi connectivity index (χ1v) is 13.0. The molecule has 2 amide bonds. The Bertz CT molecular complexity index is 1290. The van der Waals surface area contributed by atoms with Gasteiger partial charge >= 0.3 is 12.3 Å². The summed E-state index contributed by atoms with van der Waals surface area (Å²) in [7, 11) is 1.28. The summed E-state index contributed by atoms with van der Waals surface area (Å²) in [6, 6.07) is 9.73. The van der Waals surface area contributed by atoms with Crippen LogP contribution in [0.4, 0.5) is 18.0 Å². The lowest BCUT2D eigenvalue weighted by Gasteiger charge is -2.35. The molecule has 39 heavy (non-hydrogen) atoms. The summed E-state index contributed by atoms with van der Waals surface area (Å²) in [5.74, 6) is 1.04. The highest BCUT2D eigenvalue weighted by molar-refractivity contribution is 7.99. The maximum absolute atomic E-state index is 13.5. The Labute approximate surface area is 226 Å². The Morgan fingerprint density at radius 1 is 1.00 bits per heavy atom. The van der Waals surface area contributed by atoms with Crippen molar-refractivity contribution in [2.45, 2.75) is 31.1 Å². The smallest absolute Gasteiger partial charge is 0.420 e. The Morgan fingerprint density at radius 2 is 1.67 bits per heavy atom. The number of nitrogens with one attached hydrogen (secondary N) is 2. The van der Waals surface area contributed by atoms with E-state index in [0.717, 1.165) is 6.07 Å². The molecule has 1 fully saturated rings. The molecule has 0 bridgehead atoms. The van der Waals surface area contributed by atoms with E-state index in [9.17, 15) is 22.8 Å². The van der Waals surface area contributed by atoms with Crippen LogP contribution in [0.1, 0.15) is 24.0 Å². The maximum Gasteiger partial charge on any atom is 0.420 e. The summed E-state index contributed by atoms with van der Waals surface area (Å²) in [5, 5.41) is 5.56. The molecule has 1 aliphatic heterocycles. The molecule has 0 unspecified atom stereocenters. The van der Waals surface area contributed by atoms with Crippen LogP contribution in [0.5, 0.6) is 23.0 Å². The molecule has 206 valence electrons. The number of hydrogen-bond acceptors (Lipinski definition) is 8. The first kappa shape index (κ1) is 28.0. The minimum atomic E-state index is -4.63. The van der Waals surface area contributed by atoms with E-state index in [1.807, 2.05) is 0 Å². The van der Waals surface area contributed by atoms with Gasteiger partial charge in [0.15, 0.2) is 5.75 Å². The van der Waals surface area contributed by atoms with Crippen LogP contribution in [0.25, 0.3) is 0 Å². The molecule has 0 aliphatic carbocycles. The second-order valence-corrected chi connectivity index (χ2v) is 9.80. The van der Waals surface area contributed by atoms with Gasteiger partial charge in [0.25, 0.3) is 0 Å². The second kappa shape index (κ2) is 12.2. The summed E-state index contributed by atoms with van der Waals surface area (Å²) in [6.45, 7) is 0.133. The van der Waals surface area contributed by atoms with Crippen LogP contribution in [0.15, 0.2) is 61.2 Å². The van der Waals surface area contributed by atoms with Gasteiger partial charge in [0.05, 0.1) is 19.5 Å². The minimum absolute atomic E-state index is 0.0620. The van der Waals surface area contributed by atoms with E-state index in [2.05, 4.69) is 20.6 Å². The third-order valence-corrected chi connectivity index (χ3v) is 6.95.